The van der Waals surface area contributed by atoms with Gasteiger partial charge in [0, 0.05) is 12.3 Å². The minimum Gasteiger partial charge on any atom is -0.490 e. The predicted octanol–water partition coefficient (Wildman–Crippen LogP) is 3.92. The molecule has 132 valence electrons. The van der Waals surface area contributed by atoms with E-state index in [1.165, 1.54) is 0 Å². The number of carbonyl (C=O) groups excluding carboxylic acids is 1. The van der Waals surface area contributed by atoms with E-state index in [1.54, 1.807) is 48.5 Å². The summed E-state index contributed by atoms with van der Waals surface area (Å²) in [5.74, 6) is 1.02. The van der Waals surface area contributed by atoms with Crippen molar-refractivity contribution in [2.45, 2.75) is 6.92 Å². The molecule has 0 spiro atoms. The molecule has 5 nitrogen and oxygen atoms in total. The van der Waals surface area contributed by atoms with Gasteiger partial charge in [-0.2, -0.15) is 0 Å². The van der Waals surface area contributed by atoms with Crippen molar-refractivity contribution < 1.29 is 19.0 Å². The standard InChI is InChI=1S/C20H23NO4/c1-3-13-24-17-11-9-16(10-12-17)21-20(22)18-7-5-6-8-19(18)25-15-14-23-4-2/h3,5-12H,1,4,13-15H2,2H3,(H,21,22). The van der Waals surface area contributed by atoms with E-state index in [9.17, 15) is 4.79 Å². The van der Waals surface area contributed by atoms with Crippen molar-refractivity contribution in [3.05, 3.63) is 66.7 Å². The lowest BCUT2D eigenvalue weighted by atomic mass is 10.2. The number of amides is 1. The topological polar surface area (TPSA) is 56.8 Å². The number of benzene rings is 2. The molecule has 0 aliphatic heterocycles. The molecule has 25 heavy (non-hydrogen) atoms. The summed E-state index contributed by atoms with van der Waals surface area (Å²) in [5, 5.41) is 2.86. The molecule has 0 atom stereocenters. The van der Waals surface area contributed by atoms with Crippen LogP contribution in [0.4, 0.5) is 5.69 Å². The Balaban J connectivity index is 1.99. The van der Waals surface area contributed by atoms with Gasteiger partial charge in [0.1, 0.15) is 24.7 Å². The van der Waals surface area contributed by atoms with Gasteiger partial charge in [0.25, 0.3) is 5.91 Å². The smallest absolute Gasteiger partial charge is 0.259 e. The van der Waals surface area contributed by atoms with Crippen LogP contribution in [0.25, 0.3) is 0 Å². The van der Waals surface area contributed by atoms with E-state index in [0.29, 0.717) is 43.4 Å². The molecule has 1 N–H and O–H groups in total. The Morgan fingerprint density at radius 1 is 1.08 bits per heavy atom. The SMILES string of the molecule is C=CCOc1ccc(NC(=O)c2ccccc2OCCOCC)cc1. The van der Waals surface area contributed by atoms with Crippen LogP contribution in [0.3, 0.4) is 0 Å². The molecule has 2 rings (SSSR count). The van der Waals surface area contributed by atoms with Crippen molar-refractivity contribution >= 4 is 11.6 Å². The van der Waals surface area contributed by atoms with E-state index in [0.717, 1.165) is 5.75 Å². The largest absolute Gasteiger partial charge is 0.490 e. The van der Waals surface area contributed by atoms with Gasteiger partial charge < -0.3 is 19.5 Å². The molecule has 2 aromatic carbocycles. The summed E-state index contributed by atoms with van der Waals surface area (Å²) in [4.78, 5) is 12.5. The van der Waals surface area contributed by atoms with Gasteiger partial charge in [0.05, 0.1) is 12.2 Å². The van der Waals surface area contributed by atoms with E-state index < -0.39 is 0 Å². The molecule has 1 amide bonds. The fourth-order valence-electron chi connectivity index (χ4n) is 2.12. The maximum Gasteiger partial charge on any atom is 0.259 e. The van der Waals surface area contributed by atoms with Gasteiger partial charge in [-0.15, -0.1) is 0 Å². The van der Waals surface area contributed by atoms with Crippen LogP contribution in [0.1, 0.15) is 17.3 Å². The maximum absolute atomic E-state index is 12.5. The number of rotatable bonds is 10. The van der Waals surface area contributed by atoms with Crippen molar-refractivity contribution in [3.63, 3.8) is 0 Å². The summed E-state index contributed by atoms with van der Waals surface area (Å²) in [6.07, 6.45) is 1.68. The first kappa shape index (κ1) is 18.5. The van der Waals surface area contributed by atoms with E-state index in [2.05, 4.69) is 11.9 Å². The first-order chi connectivity index (χ1) is 12.2. The molecule has 0 saturated carbocycles. The summed E-state index contributed by atoms with van der Waals surface area (Å²) >= 11 is 0. The molecule has 0 radical (unpaired) electrons. The zero-order valence-corrected chi connectivity index (χ0v) is 14.4. The highest BCUT2D eigenvalue weighted by Gasteiger charge is 2.12. The van der Waals surface area contributed by atoms with Crippen LogP contribution in [0.5, 0.6) is 11.5 Å². The van der Waals surface area contributed by atoms with Crippen molar-refractivity contribution in [2.75, 3.05) is 31.7 Å². The third-order valence-electron chi connectivity index (χ3n) is 3.30. The Kier molecular flexibility index (Phi) is 7.53. The van der Waals surface area contributed by atoms with Crippen LogP contribution >= 0.6 is 0 Å². The zero-order chi connectivity index (χ0) is 17.9. The van der Waals surface area contributed by atoms with E-state index >= 15 is 0 Å². The molecule has 0 bridgehead atoms. The van der Waals surface area contributed by atoms with Crippen LogP contribution in [0.2, 0.25) is 0 Å². The highest BCUT2D eigenvalue weighted by atomic mass is 16.5. The summed E-state index contributed by atoms with van der Waals surface area (Å²) in [6, 6.07) is 14.3. The predicted molar refractivity (Wildman–Crippen MR) is 98.5 cm³/mol. The highest BCUT2D eigenvalue weighted by Crippen LogP contribution is 2.21. The van der Waals surface area contributed by atoms with Gasteiger partial charge in [-0.3, -0.25) is 4.79 Å². The fourth-order valence-corrected chi connectivity index (χ4v) is 2.12. The summed E-state index contributed by atoms with van der Waals surface area (Å²) < 4.78 is 16.3. The van der Waals surface area contributed by atoms with E-state index in [-0.39, 0.29) is 5.91 Å². The molecular weight excluding hydrogens is 318 g/mol. The number of carbonyl (C=O) groups is 1. The molecule has 0 aliphatic rings. The summed E-state index contributed by atoms with van der Waals surface area (Å²) in [5.41, 5.74) is 1.16. The average molecular weight is 341 g/mol. The monoisotopic (exact) mass is 341 g/mol. The lowest BCUT2D eigenvalue weighted by Gasteiger charge is -2.12. The van der Waals surface area contributed by atoms with Crippen molar-refractivity contribution in [3.8, 4) is 11.5 Å². The molecular formula is C20H23NO4. The molecule has 0 unspecified atom stereocenters. The van der Waals surface area contributed by atoms with Crippen LogP contribution in [-0.4, -0.2) is 32.3 Å². The second-order valence-corrected chi connectivity index (χ2v) is 5.12. The molecule has 0 aliphatic carbocycles. The second-order valence-electron chi connectivity index (χ2n) is 5.12. The van der Waals surface area contributed by atoms with Crippen LogP contribution in [0, 0.1) is 0 Å². The van der Waals surface area contributed by atoms with E-state index in [4.69, 9.17) is 14.2 Å². The third kappa shape index (κ3) is 5.97. The maximum atomic E-state index is 12.5. The Morgan fingerprint density at radius 2 is 1.84 bits per heavy atom. The molecule has 2 aromatic rings. The van der Waals surface area contributed by atoms with Gasteiger partial charge in [0.2, 0.25) is 0 Å². The number of anilines is 1. The Morgan fingerprint density at radius 3 is 2.56 bits per heavy atom. The van der Waals surface area contributed by atoms with Gasteiger partial charge in [-0.05, 0) is 43.3 Å². The van der Waals surface area contributed by atoms with Crippen molar-refractivity contribution in [2.24, 2.45) is 0 Å². The first-order valence-electron chi connectivity index (χ1n) is 8.19. The second kappa shape index (κ2) is 10.2. The molecule has 0 aromatic heterocycles. The average Bonchev–Trinajstić information content (AvgIpc) is 2.65. The zero-order valence-electron chi connectivity index (χ0n) is 14.4. The fraction of sp³-hybridized carbons (Fsp3) is 0.250. The number of hydrogen-bond donors (Lipinski definition) is 1. The molecule has 5 heteroatoms. The lowest BCUT2D eigenvalue weighted by Crippen LogP contribution is -2.15. The number of hydrogen-bond acceptors (Lipinski definition) is 4. The Labute approximate surface area is 148 Å². The molecule has 0 saturated heterocycles. The molecule has 0 heterocycles. The minimum absolute atomic E-state index is 0.230. The number of para-hydroxylation sites is 1. The highest BCUT2D eigenvalue weighted by molar-refractivity contribution is 6.06. The van der Waals surface area contributed by atoms with E-state index in [1.807, 2.05) is 13.0 Å². The van der Waals surface area contributed by atoms with Gasteiger partial charge >= 0.3 is 0 Å². The van der Waals surface area contributed by atoms with Crippen LogP contribution in [-0.2, 0) is 4.74 Å². The van der Waals surface area contributed by atoms with Crippen LogP contribution < -0.4 is 14.8 Å². The quantitative estimate of drug-likeness (QED) is 0.526. The lowest BCUT2D eigenvalue weighted by molar-refractivity contribution is 0.0998. The van der Waals surface area contributed by atoms with Gasteiger partial charge in [-0.25, -0.2) is 0 Å². The van der Waals surface area contributed by atoms with Gasteiger partial charge in [0.15, 0.2) is 0 Å². The van der Waals surface area contributed by atoms with Crippen LogP contribution in [0.15, 0.2) is 61.2 Å². The summed E-state index contributed by atoms with van der Waals surface area (Å²) in [6.45, 7) is 7.49. The first-order valence-corrected chi connectivity index (χ1v) is 8.19. The van der Waals surface area contributed by atoms with Crippen molar-refractivity contribution in [1.29, 1.82) is 0 Å². The number of nitrogens with one attached hydrogen (secondary N) is 1. The minimum atomic E-state index is -0.230. The summed E-state index contributed by atoms with van der Waals surface area (Å²) in [7, 11) is 0. The molecule has 0 fully saturated rings. The van der Waals surface area contributed by atoms with Crippen molar-refractivity contribution in [1.82, 2.24) is 0 Å². The normalized spacial score (nSPS) is 10.1. The number of ether oxygens (including phenoxy) is 3. The third-order valence-corrected chi connectivity index (χ3v) is 3.30. The Hall–Kier alpha value is -2.79. The Bertz CT molecular complexity index is 682. The van der Waals surface area contributed by atoms with Gasteiger partial charge in [-0.1, -0.05) is 24.8 Å².